The highest BCUT2D eigenvalue weighted by Gasteiger charge is 2.31. The number of likely N-dealkylation sites (tertiary alicyclic amines) is 1. The topological polar surface area (TPSA) is 90.0 Å². The van der Waals surface area contributed by atoms with Gasteiger partial charge >= 0.3 is 12.0 Å². The number of hydrogen-bond donors (Lipinski definition) is 2. The van der Waals surface area contributed by atoms with Crippen molar-refractivity contribution in [2.75, 3.05) is 26.7 Å². The molecule has 7 heteroatoms. The molecule has 1 aromatic rings. The van der Waals surface area contributed by atoms with E-state index in [4.69, 9.17) is 0 Å². The van der Waals surface area contributed by atoms with Crippen molar-refractivity contribution in [1.29, 1.82) is 0 Å². The van der Waals surface area contributed by atoms with Crippen LogP contribution < -0.4 is 5.32 Å². The van der Waals surface area contributed by atoms with Gasteiger partial charge in [-0.3, -0.25) is 9.59 Å². The van der Waals surface area contributed by atoms with E-state index in [0.29, 0.717) is 19.5 Å². The predicted octanol–water partition coefficient (Wildman–Crippen LogP) is 1.79. The van der Waals surface area contributed by atoms with Crippen molar-refractivity contribution in [2.45, 2.75) is 26.3 Å². The molecule has 142 valence electrons. The smallest absolute Gasteiger partial charge is 0.317 e. The molecule has 26 heavy (non-hydrogen) atoms. The molecule has 2 rings (SSSR count). The lowest BCUT2D eigenvalue weighted by Crippen LogP contribution is -2.46. The van der Waals surface area contributed by atoms with Gasteiger partial charge in [0.15, 0.2) is 0 Å². The molecule has 0 spiro atoms. The Morgan fingerprint density at radius 2 is 1.92 bits per heavy atom. The van der Waals surface area contributed by atoms with Crippen LogP contribution in [0.5, 0.6) is 0 Å². The lowest BCUT2D eigenvalue weighted by Gasteiger charge is -2.34. The molecule has 0 bridgehead atoms. The second-order valence-corrected chi connectivity index (χ2v) is 7.00. The summed E-state index contributed by atoms with van der Waals surface area (Å²) in [5.74, 6) is -1.31. The zero-order valence-corrected chi connectivity index (χ0v) is 15.4. The molecule has 0 aromatic heterocycles. The molecule has 7 nitrogen and oxygen atoms in total. The first-order valence-corrected chi connectivity index (χ1v) is 8.90. The van der Waals surface area contributed by atoms with Crippen LogP contribution in [0, 0.1) is 11.8 Å². The number of hydrogen-bond acceptors (Lipinski definition) is 3. The fraction of sp³-hybridized carbons (Fsp3) is 0.526. The van der Waals surface area contributed by atoms with Crippen LogP contribution in [0.3, 0.4) is 0 Å². The van der Waals surface area contributed by atoms with E-state index in [0.717, 1.165) is 5.56 Å². The molecule has 2 unspecified atom stereocenters. The molecule has 3 amide bonds. The van der Waals surface area contributed by atoms with E-state index in [1.807, 2.05) is 37.3 Å². The highest BCUT2D eigenvalue weighted by atomic mass is 16.4. The van der Waals surface area contributed by atoms with Crippen LogP contribution >= 0.6 is 0 Å². The maximum absolute atomic E-state index is 12.3. The standard InChI is InChI=1S/C19H27N3O4/c1-14-10-16(18(24)25)13-22(11-14)17(23)8-9-20-19(26)21(2)12-15-6-4-3-5-7-15/h3-7,14,16H,8-13H2,1-2H3,(H,20,26)(H,24,25). The summed E-state index contributed by atoms with van der Waals surface area (Å²) < 4.78 is 0. The third kappa shape index (κ3) is 5.75. The normalized spacial score (nSPS) is 19.7. The summed E-state index contributed by atoms with van der Waals surface area (Å²) in [6.07, 6.45) is 0.768. The van der Waals surface area contributed by atoms with E-state index in [2.05, 4.69) is 5.32 Å². The van der Waals surface area contributed by atoms with E-state index >= 15 is 0 Å². The third-order valence-electron chi connectivity index (χ3n) is 4.59. The SMILES string of the molecule is CC1CC(C(=O)O)CN(C(=O)CCNC(=O)N(C)Cc2ccccc2)C1. The van der Waals surface area contributed by atoms with Gasteiger partial charge in [0.05, 0.1) is 5.92 Å². The third-order valence-corrected chi connectivity index (χ3v) is 4.59. The summed E-state index contributed by atoms with van der Waals surface area (Å²) in [5, 5.41) is 11.9. The van der Waals surface area contributed by atoms with E-state index in [1.54, 1.807) is 16.8 Å². The molecule has 1 aliphatic rings. The largest absolute Gasteiger partial charge is 0.481 e. The molecule has 1 aromatic carbocycles. The average molecular weight is 361 g/mol. The van der Waals surface area contributed by atoms with Gasteiger partial charge in [-0.1, -0.05) is 37.3 Å². The molecule has 0 aliphatic carbocycles. The van der Waals surface area contributed by atoms with Crippen molar-refractivity contribution in [3.8, 4) is 0 Å². The van der Waals surface area contributed by atoms with E-state index < -0.39 is 11.9 Å². The number of piperidine rings is 1. The van der Waals surface area contributed by atoms with Crippen molar-refractivity contribution in [2.24, 2.45) is 11.8 Å². The van der Waals surface area contributed by atoms with Crippen LogP contribution in [0.1, 0.15) is 25.3 Å². The zero-order valence-electron chi connectivity index (χ0n) is 15.4. The number of carboxylic acids is 1. The van der Waals surface area contributed by atoms with Gasteiger partial charge in [-0.2, -0.15) is 0 Å². The predicted molar refractivity (Wildman–Crippen MR) is 97.4 cm³/mol. The Morgan fingerprint density at radius 1 is 1.23 bits per heavy atom. The zero-order chi connectivity index (χ0) is 19.1. The van der Waals surface area contributed by atoms with Crippen LogP contribution in [0.25, 0.3) is 0 Å². The number of aliphatic carboxylic acids is 1. The van der Waals surface area contributed by atoms with Crippen molar-refractivity contribution in [3.05, 3.63) is 35.9 Å². The Kier molecular flexibility index (Phi) is 7.00. The molecular formula is C19H27N3O4. The van der Waals surface area contributed by atoms with Gasteiger partial charge in [-0.25, -0.2) is 4.79 Å². The van der Waals surface area contributed by atoms with Gasteiger partial charge in [-0.05, 0) is 17.9 Å². The quantitative estimate of drug-likeness (QED) is 0.808. The molecule has 2 atom stereocenters. The highest BCUT2D eigenvalue weighted by Crippen LogP contribution is 2.22. The molecule has 1 aliphatic heterocycles. The fourth-order valence-electron chi connectivity index (χ4n) is 3.23. The Labute approximate surface area is 154 Å². The molecule has 0 radical (unpaired) electrons. The lowest BCUT2D eigenvalue weighted by atomic mass is 9.90. The summed E-state index contributed by atoms with van der Waals surface area (Å²) in [4.78, 5) is 38.8. The van der Waals surface area contributed by atoms with E-state index in [-0.39, 0.29) is 37.4 Å². The van der Waals surface area contributed by atoms with Crippen LogP contribution in [0.15, 0.2) is 30.3 Å². The van der Waals surface area contributed by atoms with Gasteiger partial charge in [0.2, 0.25) is 5.91 Å². The summed E-state index contributed by atoms with van der Waals surface area (Å²) in [7, 11) is 1.70. The van der Waals surface area contributed by atoms with Crippen LogP contribution in [0.4, 0.5) is 4.79 Å². The fourth-order valence-corrected chi connectivity index (χ4v) is 3.23. The summed E-state index contributed by atoms with van der Waals surface area (Å²) in [5.41, 5.74) is 1.03. The number of urea groups is 1. The second kappa shape index (κ2) is 9.22. The number of nitrogens with zero attached hydrogens (tertiary/aromatic N) is 2. The molecule has 1 heterocycles. The number of amides is 3. The summed E-state index contributed by atoms with van der Waals surface area (Å²) in [6.45, 7) is 3.50. The summed E-state index contributed by atoms with van der Waals surface area (Å²) in [6, 6.07) is 9.42. The number of carboxylic acid groups (broad SMARTS) is 1. The van der Waals surface area contributed by atoms with Gasteiger partial charge in [0, 0.05) is 39.6 Å². The minimum absolute atomic E-state index is 0.117. The first kappa shape index (κ1) is 19.8. The van der Waals surface area contributed by atoms with E-state index in [1.165, 1.54) is 0 Å². The Balaban J connectivity index is 1.75. The number of rotatable bonds is 6. The first-order chi connectivity index (χ1) is 12.4. The second-order valence-electron chi connectivity index (χ2n) is 7.00. The van der Waals surface area contributed by atoms with Crippen LogP contribution in [-0.4, -0.2) is 59.5 Å². The number of carbonyl (C=O) groups is 3. The minimum atomic E-state index is -0.856. The molecule has 0 saturated carbocycles. The number of carbonyl (C=O) groups excluding carboxylic acids is 2. The Morgan fingerprint density at radius 3 is 2.58 bits per heavy atom. The molecular weight excluding hydrogens is 334 g/mol. The van der Waals surface area contributed by atoms with Gasteiger partial charge in [0.1, 0.15) is 0 Å². The van der Waals surface area contributed by atoms with E-state index in [9.17, 15) is 19.5 Å². The molecule has 1 saturated heterocycles. The van der Waals surface area contributed by atoms with Crippen molar-refractivity contribution >= 4 is 17.9 Å². The van der Waals surface area contributed by atoms with Gasteiger partial charge in [0.25, 0.3) is 0 Å². The maximum atomic E-state index is 12.3. The monoisotopic (exact) mass is 361 g/mol. The van der Waals surface area contributed by atoms with Crippen LogP contribution in [-0.2, 0) is 16.1 Å². The first-order valence-electron chi connectivity index (χ1n) is 8.90. The van der Waals surface area contributed by atoms with Crippen LogP contribution in [0.2, 0.25) is 0 Å². The lowest BCUT2D eigenvalue weighted by molar-refractivity contribution is -0.146. The number of benzene rings is 1. The maximum Gasteiger partial charge on any atom is 0.317 e. The summed E-state index contributed by atoms with van der Waals surface area (Å²) >= 11 is 0. The van der Waals surface area contributed by atoms with Gasteiger partial charge < -0.3 is 20.2 Å². The van der Waals surface area contributed by atoms with Crippen molar-refractivity contribution < 1.29 is 19.5 Å². The van der Waals surface area contributed by atoms with Crippen molar-refractivity contribution in [3.63, 3.8) is 0 Å². The minimum Gasteiger partial charge on any atom is -0.481 e. The molecule has 2 N–H and O–H groups in total. The molecule has 1 fully saturated rings. The van der Waals surface area contributed by atoms with Gasteiger partial charge in [-0.15, -0.1) is 0 Å². The highest BCUT2D eigenvalue weighted by molar-refractivity contribution is 5.79. The average Bonchev–Trinajstić information content (AvgIpc) is 2.61. The van der Waals surface area contributed by atoms with Crippen molar-refractivity contribution in [1.82, 2.24) is 15.1 Å². The number of nitrogens with one attached hydrogen (secondary N) is 1. The Hall–Kier alpha value is -2.57. The Bertz CT molecular complexity index is 635.